The Morgan fingerprint density at radius 3 is 2.50 bits per heavy atom. The SMILES string of the molecule is O[C@H](CCc1ccccc1)C1CCC1. The van der Waals surface area contributed by atoms with E-state index < -0.39 is 0 Å². The number of aliphatic hydroxyl groups is 1. The first kappa shape index (κ1) is 9.72. The van der Waals surface area contributed by atoms with E-state index >= 15 is 0 Å². The summed E-state index contributed by atoms with van der Waals surface area (Å²) in [5.74, 6) is 0.596. The van der Waals surface area contributed by atoms with Gasteiger partial charge < -0.3 is 5.11 Å². The second-order valence-electron chi connectivity index (χ2n) is 4.28. The minimum Gasteiger partial charge on any atom is -0.393 e. The maximum Gasteiger partial charge on any atom is 0.0571 e. The van der Waals surface area contributed by atoms with E-state index in [4.69, 9.17) is 0 Å². The maximum absolute atomic E-state index is 9.83. The van der Waals surface area contributed by atoms with Crippen LogP contribution in [0.5, 0.6) is 0 Å². The highest BCUT2D eigenvalue weighted by molar-refractivity contribution is 5.14. The van der Waals surface area contributed by atoms with Gasteiger partial charge in [0.05, 0.1) is 6.10 Å². The minimum atomic E-state index is -0.0658. The van der Waals surface area contributed by atoms with Gasteiger partial charge in [-0.25, -0.2) is 0 Å². The third kappa shape index (κ3) is 2.36. The zero-order valence-corrected chi connectivity index (χ0v) is 8.52. The summed E-state index contributed by atoms with van der Waals surface area (Å²) in [6.45, 7) is 0. The van der Waals surface area contributed by atoms with Crippen LogP contribution < -0.4 is 0 Å². The van der Waals surface area contributed by atoms with Crippen molar-refractivity contribution in [2.45, 2.75) is 38.2 Å². The average Bonchev–Trinajstić information content (AvgIpc) is 2.14. The Balaban J connectivity index is 1.76. The van der Waals surface area contributed by atoms with Gasteiger partial charge >= 0.3 is 0 Å². The highest BCUT2D eigenvalue weighted by atomic mass is 16.3. The minimum absolute atomic E-state index is 0.0658. The molecular weight excluding hydrogens is 172 g/mol. The first-order valence-electron chi connectivity index (χ1n) is 5.58. The summed E-state index contributed by atoms with van der Waals surface area (Å²) in [4.78, 5) is 0. The lowest BCUT2D eigenvalue weighted by Gasteiger charge is -2.30. The van der Waals surface area contributed by atoms with Crippen LogP contribution in [0.25, 0.3) is 0 Å². The van der Waals surface area contributed by atoms with Gasteiger partial charge in [0.25, 0.3) is 0 Å². The lowest BCUT2D eigenvalue weighted by Crippen LogP contribution is -2.26. The second-order valence-corrected chi connectivity index (χ2v) is 4.28. The Labute approximate surface area is 85.8 Å². The van der Waals surface area contributed by atoms with E-state index in [0.717, 1.165) is 12.8 Å². The van der Waals surface area contributed by atoms with Crippen LogP contribution in [-0.2, 0) is 6.42 Å². The molecule has 0 spiro atoms. The van der Waals surface area contributed by atoms with Crippen LogP contribution in [0, 0.1) is 5.92 Å². The molecule has 0 bridgehead atoms. The van der Waals surface area contributed by atoms with Gasteiger partial charge in [-0.2, -0.15) is 0 Å². The van der Waals surface area contributed by atoms with Crippen molar-refractivity contribution < 1.29 is 5.11 Å². The fourth-order valence-corrected chi connectivity index (χ4v) is 2.02. The van der Waals surface area contributed by atoms with Gasteiger partial charge in [-0.1, -0.05) is 36.8 Å². The molecule has 0 aromatic heterocycles. The fourth-order valence-electron chi connectivity index (χ4n) is 2.02. The predicted octanol–water partition coefficient (Wildman–Crippen LogP) is 2.78. The number of rotatable bonds is 4. The van der Waals surface area contributed by atoms with E-state index in [2.05, 4.69) is 24.3 Å². The third-order valence-corrected chi connectivity index (χ3v) is 3.27. The van der Waals surface area contributed by atoms with Gasteiger partial charge in [-0.15, -0.1) is 0 Å². The van der Waals surface area contributed by atoms with Gasteiger partial charge in [-0.3, -0.25) is 0 Å². The van der Waals surface area contributed by atoms with Crippen molar-refractivity contribution >= 4 is 0 Å². The van der Waals surface area contributed by atoms with E-state index in [0.29, 0.717) is 5.92 Å². The van der Waals surface area contributed by atoms with Crippen LogP contribution >= 0.6 is 0 Å². The van der Waals surface area contributed by atoms with E-state index in [9.17, 15) is 5.11 Å². The first-order valence-corrected chi connectivity index (χ1v) is 5.58. The molecular formula is C13H18O. The summed E-state index contributed by atoms with van der Waals surface area (Å²) in [7, 11) is 0. The molecule has 0 heterocycles. The summed E-state index contributed by atoms with van der Waals surface area (Å²) in [5, 5.41) is 9.83. The molecule has 2 rings (SSSR count). The molecule has 0 radical (unpaired) electrons. The smallest absolute Gasteiger partial charge is 0.0571 e. The average molecular weight is 190 g/mol. The summed E-state index contributed by atoms with van der Waals surface area (Å²) in [5.41, 5.74) is 1.34. The van der Waals surface area contributed by atoms with Crippen LogP contribution in [-0.4, -0.2) is 11.2 Å². The molecule has 0 amide bonds. The molecule has 1 saturated carbocycles. The molecule has 1 aliphatic rings. The lowest BCUT2D eigenvalue weighted by atomic mass is 9.79. The predicted molar refractivity (Wildman–Crippen MR) is 58.1 cm³/mol. The molecule has 0 saturated heterocycles. The van der Waals surface area contributed by atoms with Crippen LogP contribution in [0.15, 0.2) is 30.3 Å². The second kappa shape index (κ2) is 4.61. The van der Waals surface area contributed by atoms with Crippen LogP contribution in [0.3, 0.4) is 0 Å². The van der Waals surface area contributed by atoms with E-state index in [-0.39, 0.29) is 6.10 Å². The number of hydrogen-bond donors (Lipinski definition) is 1. The zero-order chi connectivity index (χ0) is 9.80. The van der Waals surface area contributed by atoms with Crippen molar-refractivity contribution in [3.8, 4) is 0 Å². The monoisotopic (exact) mass is 190 g/mol. The van der Waals surface area contributed by atoms with Gasteiger partial charge in [0.15, 0.2) is 0 Å². The normalized spacial score (nSPS) is 18.9. The van der Waals surface area contributed by atoms with Crippen molar-refractivity contribution in [2.24, 2.45) is 5.92 Å². The maximum atomic E-state index is 9.83. The molecule has 1 fully saturated rings. The molecule has 1 atom stereocenters. The summed E-state index contributed by atoms with van der Waals surface area (Å²) in [6, 6.07) is 10.4. The fraction of sp³-hybridized carbons (Fsp3) is 0.538. The molecule has 0 aliphatic heterocycles. The molecule has 1 heteroatoms. The zero-order valence-electron chi connectivity index (χ0n) is 8.52. The van der Waals surface area contributed by atoms with Crippen molar-refractivity contribution in [3.05, 3.63) is 35.9 Å². The van der Waals surface area contributed by atoms with Gasteiger partial charge in [0.2, 0.25) is 0 Å². The van der Waals surface area contributed by atoms with E-state index in [1.165, 1.54) is 24.8 Å². The largest absolute Gasteiger partial charge is 0.393 e. The standard InChI is InChI=1S/C13H18O/c14-13(12-7-4-8-12)10-9-11-5-2-1-3-6-11/h1-3,5-6,12-14H,4,7-10H2/t13-/m1/s1. The van der Waals surface area contributed by atoms with Crippen LogP contribution in [0.4, 0.5) is 0 Å². The molecule has 1 aromatic rings. The van der Waals surface area contributed by atoms with Crippen molar-refractivity contribution in [2.75, 3.05) is 0 Å². The summed E-state index contributed by atoms with van der Waals surface area (Å²) in [6.07, 6.45) is 5.65. The van der Waals surface area contributed by atoms with Crippen LogP contribution in [0.1, 0.15) is 31.2 Å². The Morgan fingerprint density at radius 2 is 1.93 bits per heavy atom. The van der Waals surface area contributed by atoms with Crippen molar-refractivity contribution in [1.82, 2.24) is 0 Å². The highest BCUT2D eigenvalue weighted by Gasteiger charge is 2.24. The number of aryl methyl sites for hydroxylation is 1. The Bertz CT molecular complexity index is 264. The molecule has 1 nitrogen and oxygen atoms in total. The van der Waals surface area contributed by atoms with Crippen molar-refractivity contribution in [1.29, 1.82) is 0 Å². The number of aliphatic hydroxyl groups excluding tert-OH is 1. The lowest BCUT2D eigenvalue weighted by molar-refractivity contribution is 0.0560. The van der Waals surface area contributed by atoms with Crippen LogP contribution in [0.2, 0.25) is 0 Å². The highest BCUT2D eigenvalue weighted by Crippen LogP contribution is 2.31. The Morgan fingerprint density at radius 1 is 1.21 bits per heavy atom. The summed E-state index contributed by atoms with van der Waals surface area (Å²) >= 11 is 0. The van der Waals surface area contributed by atoms with E-state index in [1.54, 1.807) is 0 Å². The molecule has 1 N–H and O–H groups in total. The molecule has 1 aromatic carbocycles. The molecule has 76 valence electrons. The molecule has 0 unspecified atom stereocenters. The van der Waals surface area contributed by atoms with Gasteiger partial charge in [0.1, 0.15) is 0 Å². The van der Waals surface area contributed by atoms with Crippen molar-refractivity contribution in [3.63, 3.8) is 0 Å². The first-order chi connectivity index (χ1) is 6.86. The molecule has 14 heavy (non-hydrogen) atoms. The quantitative estimate of drug-likeness (QED) is 0.774. The Kier molecular flexibility index (Phi) is 3.20. The van der Waals surface area contributed by atoms with Gasteiger partial charge in [0, 0.05) is 0 Å². The topological polar surface area (TPSA) is 20.2 Å². The summed E-state index contributed by atoms with van der Waals surface area (Å²) < 4.78 is 0. The van der Waals surface area contributed by atoms with Gasteiger partial charge in [-0.05, 0) is 37.2 Å². The number of hydrogen-bond acceptors (Lipinski definition) is 1. The Hall–Kier alpha value is -0.820. The van der Waals surface area contributed by atoms with E-state index in [1.807, 2.05) is 6.07 Å². The third-order valence-electron chi connectivity index (χ3n) is 3.27. The molecule has 1 aliphatic carbocycles. The number of benzene rings is 1.